The number of benzene rings is 7. The van der Waals surface area contributed by atoms with E-state index < -0.39 is 0 Å². The summed E-state index contributed by atoms with van der Waals surface area (Å²) in [6, 6.07) is 53.7. The molecule has 0 spiro atoms. The molecule has 0 atom stereocenters. The normalized spacial score (nSPS) is 13.1. The Labute approximate surface area is 282 Å². The number of hydrogen-bond donors (Lipinski definition) is 0. The highest BCUT2D eigenvalue weighted by Crippen LogP contribution is 2.51. The van der Waals surface area contributed by atoms with Crippen molar-refractivity contribution in [2.24, 2.45) is 0 Å². The van der Waals surface area contributed by atoms with E-state index in [0.29, 0.717) is 0 Å². The van der Waals surface area contributed by atoms with Gasteiger partial charge < -0.3 is 0 Å². The van der Waals surface area contributed by atoms with Gasteiger partial charge in [-0.2, -0.15) is 0 Å². The summed E-state index contributed by atoms with van der Waals surface area (Å²) in [5.41, 5.74) is 16.6. The third kappa shape index (κ3) is 4.42. The fraction of sp³-hybridized carbons (Fsp3) is 0.0851. The quantitative estimate of drug-likeness (QED) is 0.180. The van der Waals surface area contributed by atoms with Crippen molar-refractivity contribution >= 4 is 21.5 Å². The highest BCUT2D eigenvalue weighted by Gasteiger charge is 2.35. The van der Waals surface area contributed by atoms with Crippen LogP contribution in [-0.2, 0) is 5.41 Å². The first-order chi connectivity index (χ1) is 23.5. The van der Waals surface area contributed by atoms with Crippen LogP contribution in [0.5, 0.6) is 0 Å². The minimum atomic E-state index is -0.0906. The van der Waals surface area contributed by atoms with Gasteiger partial charge in [0.15, 0.2) is 0 Å². The number of aromatic nitrogens is 1. The molecule has 0 radical (unpaired) electrons. The Morgan fingerprint density at radius 1 is 0.417 bits per heavy atom. The molecule has 0 bridgehead atoms. The van der Waals surface area contributed by atoms with E-state index in [1.807, 2.05) is 12.4 Å². The number of hydrogen-bond acceptors (Lipinski definition) is 1. The second-order valence-corrected chi connectivity index (χ2v) is 13.7. The van der Waals surface area contributed by atoms with Gasteiger partial charge in [-0.1, -0.05) is 147 Å². The molecular weight excluding hydrogens is 579 g/mol. The van der Waals surface area contributed by atoms with Crippen LogP contribution in [0.4, 0.5) is 0 Å². The first-order valence-corrected chi connectivity index (χ1v) is 16.8. The summed E-state index contributed by atoms with van der Waals surface area (Å²) in [5.74, 6) is 0. The molecule has 1 aliphatic carbocycles. The van der Waals surface area contributed by atoms with Crippen molar-refractivity contribution in [2.75, 3.05) is 0 Å². The van der Waals surface area contributed by atoms with Gasteiger partial charge in [-0.05, 0) is 108 Å². The average Bonchev–Trinajstić information content (AvgIpc) is 3.36. The summed E-state index contributed by atoms with van der Waals surface area (Å²) < 4.78 is 0. The van der Waals surface area contributed by atoms with Crippen LogP contribution in [0.3, 0.4) is 0 Å². The maximum absolute atomic E-state index is 4.60. The van der Waals surface area contributed by atoms with Crippen molar-refractivity contribution < 1.29 is 0 Å². The Morgan fingerprint density at radius 3 is 1.48 bits per heavy atom. The zero-order valence-electron chi connectivity index (χ0n) is 27.5. The fourth-order valence-corrected chi connectivity index (χ4v) is 7.92. The molecule has 0 aliphatic heterocycles. The maximum Gasteiger partial charge on any atom is 0.0353 e. The third-order valence-corrected chi connectivity index (χ3v) is 10.5. The van der Waals surface area contributed by atoms with Crippen LogP contribution in [0.1, 0.15) is 30.5 Å². The number of pyridine rings is 1. The molecule has 1 nitrogen and oxygen atoms in total. The van der Waals surface area contributed by atoms with E-state index in [2.05, 4.69) is 171 Å². The summed E-state index contributed by atoms with van der Waals surface area (Å²) in [4.78, 5) is 4.60. The van der Waals surface area contributed by atoms with Crippen LogP contribution < -0.4 is 0 Å². The third-order valence-electron chi connectivity index (χ3n) is 10.5. The lowest BCUT2D eigenvalue weighted by molar-refractivity contribution is 0.661. The molecule has 0 fully saturated rings. The number of nitrogens with zero attached hydrogens (tertiary/aromatic N) is 1. The topological polar surface area (TPSA) is 12.9 Å². The Bertz CT molecular complexity index is 2450. The molecule has 7 aromatic carbocycles. The maximum atomic E-state index is 4.60. The zero-order valence-corrected chi connectivity index (χ0v) is 27.5. The lowest BCUT2D eigenvalue weighted by Crippen LogP contribution is -2.15. The number of aryl methyl sites for hydroxylation is 1. The van der Waals surface area contributed by atoms with Gasteiger partial charge in [-0.25, -0.2) is 0 Å². The van der Waals surface area contributed by atoms with E-state index >= 15 is 0 Å². The fourth-order valence-electron chi connectivity index (χ4n) is 7.92. The predicted octanol–water partition coefficient (Wildman–Crippen LogP) is 12.7. The van der Waals surface area contributed by atoms with Gasteiger partial charge in [0.1, 0.15) is 0 Å². The summed E-state index contributed by atoms with van der Waals surface area (Å²) in [6.45, 7) is 6.88. The molecule has 0 saturated carbocycles. The van der Waals surface area contributed by atoms with Crippen molar-refractivity contribution in [3.63, 3.8) is 0 Å². The van der Waals surface area contributed by atoms with Crippen LogP contribution in [0.2, 0.25) is 0 Å². The Balaban J connectivity index is 1.12. The molecule has 0 N–H and O–H groups in total. The van der Waals surface area contributed by atoms with E-state index in [1.165, 1.54) is 93.9 Å². The second-order valence-electron chi connectivity index (χ2n) is 13.7. The number of rotatable bonds is 4. The molecule has 1 heteroatoms. The van der Waals surface area contributed by atoms with E-state index in [-0.39, 0.29) is 5.41 Å². The van der Waals surface area contributed by atoms with E-state index in [1.54, 1.807) is 0 Å². The molecule has 1 aliphatic rings. The largest absolute Gasteiger partial charge is 0.264 e. The first kappa shape index (κ1) is 28.4. The van der Waals surface area contributed by atoms with Crippen molar-refractivity contribution in [1.29, 1.82) is 0 Å². The van der Waals surface area contributed by atoms with Gasteiger partial charge in [0, 0.05) is 23.2 Å². The van der Waals surface area contributed by atoms with Crippen molar-refractivity contribution in [1.82, 2.24) is 4.98 Å². The van der Waals surface area contributed by atoms with Gasteiger partial charge >= 0.3 is 0 Å². The minimum absolute atomic E-state index is 0.0906. The van der Waals surface area contributed by atoms with Gasteiger partial charge in [0.25, 0.3) is 0 Å². The monoisotopic (exact) mass is 613 g/mol. The van der Waals surface area contributed by atoms with Gasteiger partial charge in [0.05, 0.1) is 0 Å². The Hall–Kier alpha value is -5.79. The van der Waals surface area contributed by atoms with Crippen LogP contribution in [-0.4, -0.2) is 4.98 Å². The highest BCUT2D eigenvalue weighted by atomic mass is 14.6. The lowest BCUT2D eigenvalue weighted by Gasteiger charge is -2.22. The van der Waals surface area contributed by atoms with Gasteiger partial charge in [-0.15, -0.1) is 0 Å². The summed E-state index contributed by atoms with van der Waals surface area (Å²) in [5, 5.41) is 4.89. The van der Waals surface area contributed by atoms with Crippen molar-refractivity contribution in [3.8, 4) is 55.6 Å². The van der Waals surface area contributed by atoms with Crippen LogP contribution >= 0.6 is 0 Å². The molecular formula is C47H35N. The van der Waals surface area contributed by atoms with Crippen LogP contribution in [0.25, 0.3) is 77.2 Å². The highest BCUT2D eigenvalue weighted by molar-refractivity contribution is 6.21. The van der Waals surface area contributed by atoms with Crippen molar-refractivity contribution in [2.45, 2.75) is 26.2 Å². The van der Waals surface area contributed by atoms with Gasteiger partial charge in [-0.3, -0.25) is 4.98 Å². The van der Waals surface area contributed by atoms with Crippen LogP contribution in [0, 0.1) is 6.92 Å². The molecule has 1 aromatic heterocycles. The first-order valence-electron chi connectivity index (χ1n) is 16.8. The number of fused-ring (bicyclic) bond motifs is 5. The minimum Gasteiger partial charge on any atom is -0.264 e. The predicted molar refractivity (Wildman–Crippen MR) is 203 cm³/mol. The standard InChI is InChI=1S/C47H35N/c1-30-13-15-31(16-14-30)35-21-23-37-38-24-22-36(28-44(38)47(2,3)43(37)27-35)32-17-19-34(20-18-32)46-40-12-8-7-11-39(40)45(33-9-5-4-6-10-33)41-25-26-48-29-42(41)46/h4-29H,1-3H3. The summed E-state index contributed by atoms with van der Waals surface area (Å²) in [6.07, 6.45) is 3.94. The summed E-state index contributed by atoms with van der Waals surface area (Å²) >= 11 is 0. The van der Waals surface area contributed by atoms with Gasteiger partial charge in [0.2, 0.25) is 0 Å². The molecule has 1 heterocycles. The summed E-state index contributed by atoms with van der Waals surface area (Å²) in [7, 11) is 0. The lowest BCUT2D eigenvalue weighted by atomic mass is 9.80. The molecule has 0 unspecified atom stereocenters. The van der Waals surface area contributed by atoms with E-state index in [0.717, 1.165) is 0 Å². The smallest absolute Gasteiger partial charge is 0.0353 e. The Kier molecular flexibility index (Phi) is 6.45. The molecule has 228 valence electrons. The van der Waals surface area contributed by atoms with Crippen LogP contribution in [0.15, 0.2) is 158 Å². The van der Waals surface area contributed by atoms with E-state index in [9.17, 15) is 0 Å². The second kappa shape index (κ2) is 10.9. The molecule has 9 rings (SSSR count). The molecule has 8 aromatic rings. The molecule has 0 saturated heterocycles. The Morgan fingerprint density at radius 2 is 0.875 bits per heavy atom. The zero-order chi connectivity index (χ0) is 32.4. The molecule has 48 heavy (non-hydrogen) atoms. The van der Waals surface area contributed by atoms with Crippen molar-refractivity contribution in [3.05, 3.63) is 175 Å². The van der Waals surface area contributed by atoms with E-state index in [4.69, 9.17) is 0 Å². The molecule has 0 amide bonds. The average molecular weight is 614 g/mol. The SMILES string of the molecule is Cc1ccc(-c2ccc3c(c2)C(C)(C)c2cc(-c4ccc(-c5c6ccccc6c(-c6ccccc6)c6ccncc56)cc4)ccc2-3)cc1.